The van der Waals surface area contributed by atoms with E-state index >= 15 is 0 Å². The average Bonchev–Trinajstić information content (AvgIpc) is 2.59. The third-order valence-corrected chi connectivity index (χ3v) is 2.14. The summed E-state index contributed by atoms with van der Waals surface area (Å²) in [5.41, 5.74) is -1.15. The fraction of sp³-hybridized carbons (Fsp3) is 0.846. The number of carbonyl (C=O) groups excluding carboxylic acids is 2. The van der Waals surface area contributed by atoms with E-state index in [4.69, 9.17) is 14.3 Å². The standard InChI is InChI=1S/C13H24N2O5/c1-12(2,3)19-10(16)14-9-7-15(18-8-9)11(17)20-13(4,5)6/h9H,7-8H2,1-6H3,(H,14,16)/t9-/m0/s1. The molecule has 7 nitrogen and oxygen atoms in total. The molecule has 1 aliphatic heterocycles. The highest BCUT2D eigenvalue weighted by atomic mass is 16.7. The summed E-state index contributed by atoms with van der Waals surface area (Å²) in [7, 11) is 0. The number of amides is 2. The summed E-state index contributed by atoms with van der Waals surface area (Å²) in [4.78, 5) is 28.5. The molecule has 1 atom stereocenters. The lowest BCUT2D eigenvalue weighted by molar-refractivity contribution is -0.107. The molecule has 0 aromatic carbocycles. The van der Waals surface area contributed by atoms with E-state index in [9.17, 15) is 9.59 Å². The molecular formula is C13H24N2O5. The first-order chi connectivity index (χ1) is 8.96. The van der Waals surface area contributed by atoms with Crippen molar-refractivity contribution < 1.29 is 23.9 Å². The molecule has 20 heavy (non-hydrogen) atoms. The Morgan fingerprint density at radius 3 is 2.15 bits per heavy atom. The Bertz CT molecular complexity index is 370. The van der Waals surface area contributed by atoms with Gasteiger partial charge in [-0.15, -0.1) is 0 Å². The molecule has 0 saturated carbocycles. The van der Waals surface area contributed by atoms with E-state index in [0.29, 0.717) is 0 Å². The number of hydroxylamine groups is 2. The van der Waals surface area contributed by atoms with Crippen molar-refractivity contribution in [3.8, 4) is 0 Å². The fourth-order valence-electron chi connectivity index (χ4n) is 1.49. The van der Waals surface area contributed by atoms with Gasteiger partial charge >= 0.3 is 12.2 Å². The van der Waals surface area contributed by atoms with Crippen molar-refractivity contribution in [1.82, 2.24) is 10.4 Å². The molecule has 1 saturated heterocycles. The van der Waals surface area contributed by atoms with Crippen LogP contribution in [0.25, 0.3) is 0 Å². The van der Waals surface area contributed by atoms with E-state index < -0.39 is 23.4 Å². The van der Waals surface area contributed by atoms with Crippen LogP contribution in [0.5, 0.6) is 0 Å². The summed E-state index contributed by atoms with van der Waals surface area (Å²) < 4.78 is 10.3. The van der Waals surface area contributed by atoms with E-state index in [2.05, 4.69) is 5.32 Å². The molecule has 1 N–H and O–H groups in total. The van der Waals surface area contributed by atoms with Crippen molar-refractivity contribution in [2.45, 2.75) is 58.8 Å². The zero-order chi connectivity index (χ0) is 15.6. The number of hydrogen-bond donors (Lipinski definition) is 1. The van der Waals surface area contributed by atoms with Crippen molar-refractivity contribution in [3.05, 3.63) is 0 Å². The molecule has 0 aliphatic carbocycles. The van der Waals surface area contributed by atoms with Gasteiger partial charge in [0, 0.05) is 0 Å². The topological polar surface area (TPSA) is 77.1 Å². The third kappa shape index (κ3) is 6.10. The number of nitrogens with zero attached hydrogens (tertiary/aromatic N) is 1. The molecule has 0 aromatic rings. The lowest BCUT2D eigenvalue weighted by atomic mass is 10.2. The lowest BCUT2D eigenvalue weighted by Gasteiger charge is -2.23. The summed E-state index contributed by atoms with van der Waals surface area (Å²) in [5, 5.41) is 3.75. The van der Waals surface area contributed by atoms with Crippen LogP contribution < -0.4 is 5.32 Å². The van der Waals surface area contributed by atoms with Gasteiger partial charge in [0.25, 0.3) is 0 Å². The van der Waals surface area contributed by atoms with Gasteiger partial charge in [-0.1, -0.05) is 0 Å². The normalized spacial score (nSPS) is 19.7. The molecule has 2 amide bonds. The van der Waals surface area contributed by atoms with Crippen LogP contribution in [0, 0.1) is 0 Å². The largest absolute Gasteiger partial charge is 0.444 e. The van der Waals surface area contributed by atoms with Gasteiger partial charge in [0.1, 0.15) is 11.2 Å². The Kier molecular flexibility index (Phi) is 4.86. The van der Waals surface area contributed by atoms with Gasteiger partial charge in [-0.05, 0) is 41.5 Å². The fourth-order valence-corrected chi connectivity index (χ4v) is 1.49. The molecular weight excluding hydrogens is 264 g/mol. The number of nitrogens with one attached hydrogen (secondary N) is 1. The van der Waals surface area contributed by atoms with Crippen LogP contribution in [0.4, 0.5) is 9.59 Å². The molecule has 0 spiro atoms. The van der Waals surface area contributed by atoms with Gasteiger partial charge < -0.3 is 14.8 Å². The second kappa shape index (κ2) is 5.87. The van der Waals surface area contributed by atoms with Crippen LogP contribution >= 0.6 is 0 Å². The number of carbonyl (C=O) groups is 2. The van der Waals surface area contributed by atoms with Crippen molar-refractivity contribution in [2.75, 3.05) is 13.2 Å². The van der Waals surface area contributed by atoms with Crippen LogP contribution in [0.3, 0.4) is 0 Å². The lowest BCUT2D eigenvalue weighted by Crippen LogP contribution is -2.42. The number of hydrogen-bond acceptors (Lipinski definition) is 5. The summed E-state index contributed by atoms with van der Waals surface area (Å²) in [6.45, 7) is 11.1. The number of ether oxygens (including phenoxy) is 2. The highest BCUT2D eigenvalue weighted by molar-refractivity contribution is 5.69. The van der Waals surface area contributed by atoms with Crippen molar-refractivity contribution in [3.63, 3.8) is 0 Å². The quantitative estimate of drug-likeness (QED) is 0.799. The van der Waals surface area contributed by atoms with Crippen molar-refractivity contribution in [1.29, 1.82) is 0 Å². The first-order valence-corrected chi connectivity index (χ1v) is 6.59. The Morgan fingerprint density at radius 2 is 1.65 bits per heavy atom. The molecule has 1 fully saturated rings. The smallest absolute Gasteiger partial charge is 0.434 e. The van der Waals surface area contributed by atoms with Gasteiger partial charge in [0.2, 0.25) is 0 Å². The summed E-state index contributed by atoms with van der Waals surface area (Å²) in [6.07, 6.45) is -1.09. The van der Waals surface area contributed by atoms with Crippen LogP contribution in [-0.4, -0.2) is 47.6 Å². The van der Waals surface area contributed by atoms with Gasteiger partial charge in [0.15, 0.2) is 0 Å². The maximum Gasteiger partial charge on any atom is 0.434 e. The van der Waals surface area contributed by atoms with Crippen LogP contribution in [0.2, 0.25) is 0 Å². The molecule has 1 aliphatic rings. The van der Waals surface area contributed by atoms with Gasteiger partial charge in [-0.3, -0.25) is 4.84 Å². The molecule has 1 heterocycles. The van der Waals surface area contributed by atoms with E-state index in [-0.39, 0.29) is 19.2 Å². The van der Waals surface area contributed by atoms with Gasteiger partial charge in [0.05, 0.1) is 19.2 Å². The van der Waals surface area contributed by atoms with E-state index in [1.807, 2.05) is 0 Å². The van der Waals surface area contributed by atoms with Crippen molar-refractivity contribution in [2.24, 2.45) is 0 Å². The summed E-state index contributed by atoms with van der Waals surface area (Å²) in [5.74, 6) is 0. The minimum Gasteiger partial charge on any atom is -0.444 e. The van der Waals surface area contributed by atoms with Gasteiger partial charge in [-0.25, -0.2) is 9.59 Å². The van der Waals surface area contributed by atoms with Gasteiger partial charge in [-0.2, -0.15) is 5.06 Å². The molecule has 0 aromatic heterocycles. The molecule has 0 unspecified atom stereocenters. The predicted octanol–water partition coefficient (Wildman–Crippen LogP) is 2.06. The first-order valence-electron chi connectivity index (χ1n) is 6.59. The second-order valence-electron chi connectivity index (χ2n) is 6.68. The Labute approximate surface area is 119 Å². The monoisotopic (exact) mass is 288 g/mol. The number of rotatable bonds is 1. The maximum absolute atomic E-state index is 11.8. The van der Waals surface area contributed by atoms with Crippen LogP contribution in [0.15, 0.2) is 0 Å². The Hall–Kier alpha value is -1.50. The molecule has 0 radical (unpaired) electrons. The maximum atomic E-state index is 11.8. The molecule has 1 rings (SSSR count). The second-order valence-corrected chi connectivity index (χ2v) is 6.68. The minimum absolute atomic E-state index is 0.207. The minimum atomic E-state index is -0.586. The Balaban J connectivity index is 2.40. The molecule has 0 bridgehead atoms. The zero-order valence-electron chi connectivity index (χ0n) is 13.0. The summed E-state index contributed by atoms with van der Waals surface area (Å²) in [6, 6.07) is -0.308. The van der Waals surface area contributed by atoms with Crippen molar-refractivity contribution >= 4 is 12.2 Å². The first kappa shape index (κ1) is 16.6. The third-order valence-electron chi connectivity index (χ3n) is 2.14. The van der Waals surface area contributed by atoms with E-state index in [0.717, 1.165) is 5.06 Å². The SMILES string of the molecule is CC(C)(C)OC(=O)N[C@@H]1CON(C(=O)OC(C)(C)C)C1. The molecule has 7 heteroatoms. The average molecular weight is 288 g/mol. The zero-order valence-corrected chi connectivity index (χ0v) is 13.0. The highest BCUT2D eigenvalue weighted by Gasteiger charge is 2.32. The summed E-state index contributed by atoms with van der Waals surface area (Å²) >= 11 is 0. The van der Waals surface area contributed by atoms with Crippen LogP contribution in [0.1, 0.15) is 41.5 Å². The predicted molar refractivity (Wildman–Crippen MR) is 72.0 cm³/mol. The van der Waals surface area contributed by atoms with E-state index in [1.165, 1.54) is 0 Å². The van der Waals surface area contributed by atoms with E-state index in [1.54, 1.807) is 41.5 Å². The highest BCUT2D eigenvalue weighted by Crippen LogP contribution is 2.14. The molecule has 116 valence electrons. The van der Waals surface area contributed by atoms with Crippen LogP contribution in [-0.2, 0) is 14.3 Å². The number of alkyl carbamates (subject to hydrolysis) is 1. The Morgan fingerprint density at radius 1 is 1.10 bits per heavy atom.